The highest BCUT2D eigenvalue weighted by Gasteiger charge is 2.53. The molecule has 1 aliphatic rings. The lowest BCUT2D eigenvalue weighted by molar-refractivity contribution is -0.383. The minimum Gasteiger partial charge on any atom is -0.508 e. The molecule has 1 aromatic heterocycles. The van der Waals surface area contributed by atoms with Crippen LogP contribution in [0.4, 0.5) is 5.69 Å². The molecule has 0 saturated carbocycles. The molecular formula is C34H33Cl2N5O7. The first-order valence-electron chi connectivity index (χ1n) is 14.5. The number of aromatic hydroxyl groups is 1. The first-order chi connectivity index (χ1) is 22.5. The number of amides is 3. The molecule has 12 nitrogen and oxygen atoms in total. The number of halogens is 2. The molecule has 250 valence electrons. The Hall–Kier alpha value is -5.09. The summed E-state index contributed by atoms with van der Waals surface area (Å²) in [6.07, 6.45) is 6.71. The van der Waals surface area contributed by atoms with E-state index in [1.807, 2.05) is 0 Å². The molecule has 4 N–H and O–H groups in total. The number of nitro groups is 1. The molecule has 3 amide bonds. The SMILES string of the molecule is C#CC(C)(C)NC(=O)c1cc(Cl)cc(Cl)c1.CN1C(=O)[C@](O)(Cc2cccc(O)c2)N(C)C(=O)[C@@H]1Cc1c[nH]c2cccc([N+](=O)[O-])c12. The van der Waals surface area contributed by atoms with Crippen LogP contribution < -0.4 is 5.32 Å². The Morgan fingerprint density at radius 2 is 1.77 bits per heavy atom. The predicted molar refractivity (Wildman–Crippen MR) is 182 cm³/mol. The Kier molecular flexibility index (Phi) is 10.4. The first kappa shape index (κ1) is 35.8. The highest BCUT2D eigenvalue weighted by molar-refractivity contribution is 6.35. The van der Waals surface area contributed by atoms with E-state index in [2.05, 4.69) is 16.2 Å². The number of carbonyl (C=O) groups is 3. The van der Waals surface area contributed by atoms with E-state index in [1.54, 1.807) is 50.4 Å². The summed E-state index contributed by atoms with van der Waals surface area (Å²) in [5, 5.41) is 36.2. The number of phenolic OH excluding ortho intramolecular Hbond substituents is 1. The van der Waals surface area contributed by atoms with E-state index >= 15 is 0 Å². The average Bonchev–Trinajstić information content (AvgIpc) is 3.44. The van der Waals surface area contributed by atoms with Gasteiger partial charge in [0.25, 0.3) is 17.5 Å². The van der Waals surface area contributed by atoms with E-state index < -0.39 is 34.0 Å². The fourth-order valence-corrected chi connectivity index (χ4v) is 5.87. The molecule has 4 aromatic rings. The second kappa shape index (κ2) is 13.9. The Balaban J connectivity index is 0.000000274. The van der Waals surface area contributed by atoms with Crippen LogP contribution in [0.25, 0.3) is 10.9 Å². The van der Waals surface area contributed by atoms with E-state index in [1.165, 1.54) is 49.3 Å². The molecule has 1 aliphatic heterocycles. The van der Waals surface area contributed by atoms with Crippen LogP contribution in [0.3, 0.4) is 0 Å². The van der Waals surface area contributed by atoms with Gasteiger partial charge in [0.2, 0.25) is 11.6 Å². The van der Waals surface area contributed by atoms with Gasteiger partial charge in [-0.15, -0.1) is 6.42 Å². The highest BCUT2D eigenvalue weighted by atomic mass is 35.5. The molecule has 48 heavy (non-hydrogen) atoms. The van der Waals surface area contributed by atoms with Gasteiger partial charge in [-0.3, -0.25) is 24.5 Å². The number of nitrogens with one attached hydrogen (secondary N) is 2. The van der Waals surface area contributed by atoms with Crippen LogP contribution in [0.2, 0.25) is 10.0 Å². The number of likely N-dealkylation sites (N-methyl/N-ethyl adjacent to an activating group) is 2. The van der Waals surface area contributed by atoms with Crippen molar-refractivity contribution in [2.24, 2.45) is 0 Å². The smallest absolute Gasteiger partial charge is 0.279 e. The average molecular weight is 695 g/mol. The van der Waals surface area contributed by atoms with Crippen LogP contribution in [0.1, 0.15) is 35.3 Å². The van der Waals surface area contributed by atoms with E-state index in [0.717, 1.165) is 4.90 Å². The summed E-state index contributed by atoms with van der Waals surface area (Å²) in [5.74, 6) is 0.981. The van der Waals surface area contributed by atoms with Gasteiger partial charge in [-0.25, -0.2) is 0 Å². The number of carbonyl (C=O) groups excluding carboxylic acids is 3. The van der Waals surface area contributed by atoms with Crippen LogP contribution in [-0.4, -0.2) is 79.0 Å². The molecule has 0 unspecified atom stereocenters. The highest BCUT2D eigenvalue weighted by Crippen LogP contribution is 2.33. The van der Waals surface area contributed by atoms with Gasteiger partial charge in [-0.1, -0.05) is 47.3 Å². The van der Waals surface area contributed by atoms with E-state index in [4.69, 9.17) is 29.6 Å². The molecular weight excluding hydrogens is 661 g/mol. The van der Waals surface area contributed by atoms with Crippen molar-refractivity contribution in [2.45, 2.75) is 44.0 Å². The number of rotatable bonds is 7. The van der Waals surface area contributed by atoms with E-state index in [-0.39, 0.29) is 30.2 Å². The number of terminal acetylenes is 1. The lowest BCUT2D eigenvalue weighted by atomic mass is 9.92. The largest absolute Gasteiger partial charge is 0.508 e. The standard InChI is InChI=1S/C22H22N4O6.C12H11Cl2NO/c1-24-18(10-14-12-23-16-7-4-8-17(19(14)16)26(31)32)20(28)25(2)22(30,21(24)29)11-13-5-3-6-15(27)9-13;1-4-12(2,3)15-11(16)8-5-9(13)7-10(14)6-8/h3-9,12,18,23,27,30H,10-11H2,1-2H3;1,5-7H,2-3H3,(H,15,16)/t18-,22+;/m0./s1. The van der Waals surface area contributed by atoms with E-state index in [0.29, 0.717) is 37.6 Å². The number of nitro benzene ring substituents is 1. The summed E-state index contributed by atoms with van der Waals surface area (Å²) in [7, 11) is 2.77. The van der Waals surface area contributed by atoms with Gasteiger partial charge in [-0.2, -0.15) is 0 Å². The molecule has 2 heterocycles. The number of non-ortho nitro benzene ring substituents is 1. The zero-order valence-corrected chi connectivity index (χ0v) is 28.0. The number of fused-ring (bicyclic) bond motifs is 1. The molecule has 0 aliphatic carbocycles. The summed E-state index contributed by atoms with van der Waals surface area (Å²) in [4.78, 5) is 54.3. The third kappa shape index (κ3) is 7.55. The normalized spacial score (nSPS) is 17.8. The van der Waals surface area contributed by atoms with Crippen molar-refractivity contribution in [1.82, 2.24) is 20.1 Å². The minimum atomic E-state index is -2.12. The molecule has 3 aromatic carbocycles. The molecule has 0 bridgehead atoms. The lowest BCUT2D eigenvalue weighted by Gasteiger charge is -2.47. The second-order valence-electron chi connectivity index (χ2n) is 11.8. The van der Waals surface area contributed by atoms with Crippen LogP contribution in [0, 0.1) is 22.5 Å². The minimum absolute atomic E-state index is 0.0181. The van der Waals surface area contributed by atoms with Gasteiger partial charge in [0.05, 0.1) is 21.4 Å². The monoisotopic (exact) mass is 693 g/mol. The maximum Gasteiger partial charge on any atom is 0.279 e. The number of hydrogen-bond acceptors (Lipinski definition) is 7. The maximum absolute atomic E-state index is 13.2. The summed E-state index contributed by atoms with van der Waals surface area (Å²) in [6.45, 7) is 3.47. The maximum atomic E-state index is 13.2. The van der Waals surface area contributed by atoms with E-state index in [9.17, 15) is 34.7 Å². The van der Waals surface area contributed by atoms with Gasteiger partial charge in [0, 0.05) is 54.8 Å². The van der Waals surface area contributed by atoms with Crippen LogP contribution >= 0.6 is 23.2 Å². The van der Waals surface area contributed by atoms with Gasteiger partial charge < -0.3 is 30.3 Å². The second-order valence-corrected chi connectivity index (χ2v) is 12.7. The molecule has 1 saturated heterocycles. The number of H-pyrrole nitrogens is 1. The van der Waals surface area contributed by atoms with Crippen LogP contribution in [0.5, 0.6) is 5.75 Å². The zero-order chi connectivity index (χ0) is 35.6. The number of hydrogen-bond donors (Lipinski definition) is 4. The van der Waals surface area contributed by atoms with Crippen LogP contribution in [0.15, 0.2) is 66.9 Å². The summed E-state index contributed by atoms with van der Waals surface area (Å²) in [6, 6.07) is 14.4. The zero-order valence-electron chi connectivity index (χ0n) is 26.5. The van der Waals surface area contributed by atoms with Gasteiger partial charge >= 0.3 is 0 Å². The Morgan fingerprint density at radius 3 is 2.38 bits per heavy atom. The number of aromatic nitrogens is 1. The van der Waals surface area contributed by atoms with Crippen molar-refractivity contribution in [3.63, 3.8) is 0 Å². The number of phenols is 1. The third-order valence-electron chi connectivity index (χ3n) is 7.95. The van der Waals surface area contributed by atoms with Crippen molar-refractivity contribution in [1.29, 1.82) is 0 Å². The van der Waals surface area contributed by atoms with Gasteiger partial charge in [0.1, 0.15) is 11.8 Å². The molecule has 0 spiro atoms. The summed E-state index contributed by atoms with van der Waals surface area (Å²) < 4.78 is 0. The summed E-state index contributed by atoms with van der Waals surface area (Å²) in [5.41, 5.74) is -0.962. The number of piperazine rings is 1. The fourth-order valence-electron chi connectivity index (χ4n) is 5.34. The predicted octanol–water partition coefficient (Wildman–Crippen LogP) is 4.69. The Labute approximate surface area is 286 Å². The quantitative estimate of drug-likeness (QED) is 0.124. The number of nitrogens with zero attached hydrogens (tertiary/aromatic N) is 3. The lowest BCUT2D eigenvalue weighted by Crippen LogP contribution is -2.70. The first-order valence-corrected chi connectivity index (χ1v) is 15.3. The third-order valence-corrected chi connectivity index (χ3v) is 8.39. The molecule has 5 rings (SSSR count). The fraction of sp³-hybridized carbons (Fsp3) is 0.265. The van der Waals surface area contributed by atoms with Crippen molar-refractivity contribution < 1.29 is 29.5 Å². The van der Waals surface area contributed by atoms with Crippen molar-refractivity contribution in [3.05, 3.63) is 104 Å². The summed E-state index contributed by atoms with van der Waals surface area (Å²) >= 11 is 11.6. The Bertz CT molecular complexity index is 1930. The molecule has 0 radical (unpaired) electrons. The molecule has 2 atom stereocenters. The van der Waals surface area contributed by atoms with Gasteiger partial charge in [-0.05, 0) is 61.4 Å². The van der Waals surface area contributed by atoms with Crippen molar-refractivity contribution in [3.8, 4) is 18.1 Å². The molecule has 1 fully saturated rings. The number of aliphatic hydroxyl groups is 1. The topological polar surface area (TPSA) is 169 Å². The van der Waals surface area contributed by atoms with Crippen molar-refractivity contribution >= 4 is 57.5 Å². The van der Waals surface area contributed by atoms with Crippen molar-refractivity contribution in [2.75, 3.05) is 14.1 Å². The molecule has 14 heteroatoms. The van der Waals surface area contributed by atoms with Crippen LogP contribution in [-0.2, 0) is 22.4 Å². The van der Waals surface area contributed by atoms with Gasteiger partial charge in [0.15, 0.2) is 0 Å². The number of aromatic amines is 1. The number of benzene rings is 3. The Morgan fingerprint density at radius 1 is 1.12 bits per heavy atom.